The van der Waals surface area contributed by atoms with Gasteiger partial charge in [0.05, 0.1) is 0 Å². The molecular formula is C12H21F3N2O. The Labute approximate surface area is 105 Å². The van der Waals surface area contributed by atoms with Crippen molar-refractivity contribution in [1.82, 2.24) is 5.32 Å². The van der Waals surface area contributed by atoms with Crippen LogP contribution in [0.4, 0.5) is 13.2 Å². The molecule has 1 rings (SSSR count). The molecule has 0 radical (unpaired) electrons. The maximum atomic E-state index is 12.6. The molecule has 0 spiro atoms. The van der Waals surface area contributed by atoms with Crippen molar-refractivity contribution in [1.29, 1.82) is 0 Å². The van der Waals surface area contributed by atoms with E-state index < -0.39 is 17.6 Å². The molecule has 0 saturated heterocycles. The Morgan fingerprint density at radius 2 is 1.78 bits per heavy atom. The first-order valence-electron chi connectivity index (χ1n) is 6.35. The Bertz CT molecular complexity index is 294. The Morgan fingerprint density at radius 1 is 1.28 bits per heavy atom. The van der Waals surface area contributed by atoms with Gasteiger partial charge in [0, 0.05) is 6.04 Å². The van der Waals surface area contributed by atoms with Gasteiger partial charge in [0.15, 0.2) is 5.54 Å². The first-order valence-corrected chi connectivity index (χ1v) is 6.35. The van der Waals surface area contributed by atoms with Gasteiger partial charge >= 0.3 is 6.18 Å². The van der Waals surface area contributed by atoms with Gasteiger partial charge in [-0.2, -0.15) is 13.2 Å². The van der Waals surface area contributed by atoms with Crippen LogP contribution in [0.3, 0.4) is 0 Å². The zero-order valence-electron chi connectivity index (χ0n) is 10.8. The normalized spacial score (nSPS) is 28.6. The van der Waals surface area contributed by atoms with Crippen LogP contribution >= 0.6 is 0 Å². The molecule has 0 aliphatic heterocycles. The smallest absolute Gasteiger partial charge is 0.351 e. The second kappa shape index (κ2) is 5.47. The van der Waals surface area contributed by atoms with Gasteiger partial charge in [-0.25, -0.2) is 0 Å². The number of nitrogens with one attached hydrogen (secondary N) is 1. The largest absolute Gasteiger partial charge is 0.415 e. The van der Waals surface area contributed by atoms with Crippen LogP contribution in [-0.4, -0.2) is 23.7 Å². The summed E-state index contributed by atoms with van der Waals surface area (Å²) in [6.07, 6.45) is -0.268. The highest BCUT2D eigenvalue weighted by Crippen LogP contribution is 2.30. The van der Waals surface area contributed by atoms with Gasteiger partial charge in [-0.1, -0.05) is 13.3 Å². The van der Waals surface area contributed by atoms with Crippen LogP contribution in [0.15, 0.2) is 0 Å². The minimum Gasteiger partial charge on any atom is -0.351 e. The summed E-state index contributed by atoms with van der Waals surface area (Å²) in [6.45, 7) is 2.81. The molecule has 3 nitrogen and oxygen atoms in total. The molecule has 1 unspecified atom stereocenters. The molecule has 1 saturated carbocycles. The highest BCUT2D eigenvalue weighted by molar-refractivity contribution is 5.86. The third kappa shape index (κ3) is 3.37. The van der Waals surface area contributed by atoms with Crippen molar-refractivity contribution in [3.8, 4) is 0 Å². The molecule has 3 N–H and O–H groups in total. The van der Waals surface area contributed by atoms with Crippen LogP contribution in [0.5, 0.6) is 0 Å². The zero-order valence-corrected chi connectivity index (χ0v) is 10.8. The number of amides is 1. The molecule has 106 valence electrons. The summed E-state index contributed by atoms with van der Waals surface area (Å²) in [6, 6.07) is -0.175. The third-order valence-corrected chi connectivity index (χ3v) is 3.82. The van der Waals surface area contributed by atoms with Gasteiger partial charge in [-0.05, 0) is 38.5 Å². The number of alkyl halides is 3. The number of hydrogen-bond donors (Lipinski definition) is 2. The van der Waals surface area contributed by atoms with E-state index in [1.807, 2.05) is 0 Å². The van der Waals surface area contributed by atoms with E-state index in [-0.39, 0.29) is 6.04 Å². The monoisotopic (exact) mass is 266 g/mol. The van der Waals surface area contributed by atoms with Gasteiger partial charge in [0.2, 0.25) is 5.91 Å². The Hall–Kier alpha value is -0.780. The first kappa shape index (κ1) is 15.3. The average Bonchev–Trinajstić information content (AvgIpc) is 2.28. The third-order valence-electron chi connectivity index (χ3n) is 3.82. The van der Waals surface area contributed by atoms with E-state index in [1.165, 1.54) is 0 Å². The van der Waals surface area contributed by atoms with E-state index in [0.29, 0.717) is 12.8 Å². The van der Waals surface area contributed by atoms with Crippen LogP contribution in [0, 0.1) is 5.92 Å². The molecule has 1 aliphatic rings. The van der Waals surface area contributed by atoms with Crippen LogP contribution in [0.1, 0.15) is 46.0 Å². The fraction of sp³-hybridized carbons (Fsp3) is 0.917. The first-order chi connectivity index (χ1) is 8.18. The maximum Gasteiger partial charge on any atom is 0.415 e. The summed E-state index contributed by atoms with van der Waals surface area (Å²) < 4.78 is 37.7. The SMILES string of the molecule is CCC1CCC(NC(=O)C(C)(N)C(F)(F)F)CC1. The van der Waals surface area contributed by atoms with Crippen molar-refractivity contribution in [3.05, 3.63) is 0 Å². The van der Waals surface area contributed by atoms with Crippen LogP contribution in [-0.2, 0) is 4.79 Å². The van der Waals surface area contributed by atoms with Gasteiger partial charge in [-0.3, -0.25) is 4.79 Å². The van der Waals surface area contributed by atoms with Crippen molar-refractivity contribution in [2.75, 3.05) is 0 Å². The van der Waals surface area contributed by atoms with Crippen LogP contribution < -0.4 is 11.1 Å². The molecule has 0 bridgehead atoms. The van der Waals surface area contributed by atoms with Crippen molar-refractivity contribution in [3.63, 3.8) is 0 Å². The molecular weight excluding hydrogens is 245 g/mol. The molecule has 0 aromatic heterocycles. The lowest BCUT2D eigenvalue weighted by atomic mass is 9.84. The maximum absolute atomic E-state index is 12.6. The summed E-state index contributed by atoms with van der Waals surface area (Å²) in [5.74, 6) is -0.500. The minimum absolute atomic E-state index is 0.175. The van der Waals surface area contributed by atoms with Gasteiger partial charge in [-0.15, -0.1) is 0 Å². The number of rotatable bonds is 3. The quantitative estimate of drug-likeness (QED) is 0.824. The molecule has 0 aromatic carbocycles. The molecule has 1 fully saturated rings. The average molecular weight is 266 g/mol. The lowest BCUT2D eigenvalue weighted by Gasteiger charge is -2.32. The van der Waals surface area contributed by atoms with E-state index in [1.54, 1.807) is 0 Å². The molecule has 6 heteroatoms. The summed E-state index contributed by atoms with van der Waals surface area (Å²) >= 11 is 0. The van der Waals surface area contributed by atoms with Gasteiger partial charge in [0.25, 0.3) is 0 Å². The lowest BCUT2D eigenvalue weighted by Crippen LogP contribution is -2.62. The Balaban J connectivity index is 2.51. The number of nitrogens with two attached hydrogens (primary N) is 1. The second-order valence-electron chi connectivity index (χ2n) is 5.30. The van der Waals surface area contributed by atoms with E-state index >= 15 is 0 Å². The topological polar surface area (TPSA) is 55.1 Å². The predicted octanol–water partition coefficient (Wildman–Crippen LogP) is 2.35. The summed E-state index contributed by atoms with van der Waals surface area (Å²) in [5.41, 5.74) is 2.26. The zero-order chi connectivity index (χ0) is 14.0. The standard InChI is InChI=1S/C12H21F3N2O/c1-3-8-4-6-9(7-5-8)17-10(18)11(2,16)12(13,14)15/h8-9H,3-7,16H2,1-2H3,(H,17,18). The van der Waals surface area contributed by atoms with Crippen LogP contribution in [0.25, 0.3) is 0 Å². The van der Waals surface area contributed by atoms with Gasteiger partial charge < -0.3 is 11.1 Å². The minimum atomic E-state index is -4.72. The lowest BCUT2D eigenvalue weighted by molar-refractivity contribution is -0.187. The highest BCUT2D eigenvalue weighted by Gasteiger charge is 2.54. The fourth-order valence-electron chi connectivity index (χ4n) is 2.18. The molecule has 1 aliphatic carbocycles. The van der Waals surface area contributed by atoms with E-state index in [9.17, 15) is 18.0 Å². The van der Waals surface area contributed by atoms with Crippen molar-refractivity contribution < 1.29 is 18.0 Å². The van der Waals surface area contributed by atoms with Crippen LogP contribution in [0.2, 0.25) is 0 Å². The summed E-state index contributed by atoms with van der Waals surface area (Å²) in [7, 11) is 0. The predicted molar refractivity (Wildman–Crippen MR) is 62.8 cm³/mol. The second-order valence-corrected chi connectivity index (χ2v) is 5.30. The molecule has 1 atom stereocenters. The van der Waals surface area contributed by atoms with Crippen molar-refractivity contribution in [2.45, 2.75) is 63.7 Å². The summed E-state index contributed by atoms with van der Waals surface area (Å²) in [4.78, 5) is 11.6. The van der Waals surface area contributed by atoms with Crippen molar-refractivity contribution >= 4 is 5.91 Å². The number of carbonyl (C=O) groups is 1. The molecule has 0 heterocycles. The number of halogens is 3. The van der Waals surface area contributed by atoms with E-state index in [0.717, 1.165) is 32.1 Å². The van der Waals surface area contributed by atoms with E-state index in [4.69, 9.17) is 5.73 Å². The van der Waals surface area contributed by atoms with Gasteiger partial charge in [0.1, 0.15) is 0 Å². The summed E-state index contributed by atoms with van der Waals surface area (Å²) in [5, 5.41) is 2.43. The highest BCUT2D eigenvalue weighted by atomic mass is 19.4. The number of carbonyl (C=O) groups excluding carboxylic acids is 1. The van der Waals surface area contributed by atoms with Crippen molar-refractivity contribution in [2.24, 2.45) is 11.7 Å². The Kier molecular flexibility index (Phi) is 4.64. The Morgan fingerprint density at radius 3 is 2.17 bits per heavy atom. The molecule has 0 aromatic rings. The fourth-order valence-corrected chi connectivity index (χ4v) is 2.18. The number of hydrogen-bond acceptors (Lipinski definition) is 2. The molecule has 18 heavy (non-hydrogen) atoms. The van der Waals surface area contributed by atoms with E-state index in [2.05, 4.69) is 12.2 Å². The molecule has 1 amide bonds.